The van der Waals surface area contributed by atoms with Crippen molar-refractivity contribution in [1.29, 1.82) is 0 Å². The van der Waals surface area contributed by atoms with E-state index in [4.69, 9.17) is 30.5 Å². The third kappa shape index (κ3) is 8.04. The number of benzene rings is 1. The second kappa shape index (κ2) is 12.6. The van der Waals surface area contributed by atoms with Crippen LogP contribution >= 0.6 is 11.6 Å². The van der Waals surface area contributed by atoms with Crippen LogP contribution in [0.25, 0.3) is 5.65 Å². The zero-order valence-electron chi connectivity index (χ0n) is 25.0. The number of pyridine rings is 1. The lowest BCUT2D eigenvalue weighted by Crippen LogP contribution is -2.57. The van der Waals surface area contributed by atoms with E-state index in [0.29, 0.717) is 10.7 Å². The molecule has 2 amide bonds. The minimum absolute atomic E-state index is 0.0114. The Balaban J connectivity index is 1.90. The fraction of sp³-hybridized carbons (Fsp3) is 0.444. The molecule has 0 unspecified atom stereocenters. The second-order valence-electron chi connectivity index (χ2n) is 10.9. The number of carbonyl (C=O) groups excluding carboxylic acids is 3. The molecule has 234 valence electrons. The minimum Gasteiger partial charge on any atom is -0.495 e. The van der Waals surface area contributed by atoms with E-state index < -0.39 is 51.8 Å². The molecule has 2 heterocycles. The predicted molar refractivity (Wildman–Crippen MR) is 156 cm³/mol. The molecule has 0 radical (unpaired) electrons. The van der Waals surface area contributed by atoms with Crippen LogP contribution in [0, 0.1) is 5.92 Å². The Hall–Kier alpha value is -4.11. The summed E-state index contributed by atoms with van der Waals surface area (Å²) >= 11 is 6.06. The maximum atomic E-state index is 13.5. The van der Waals surface area contributed by atoms with E-state index in [1.54, 1.807) is 46.8 Å². The van der Waals surface area contributed by atoms with Gasteiger partial charge in [-0.1, -0.05) is 25.4 Å². The van der Waals surface area contributed by atoms with Gasteiger partial charge in [0.2, 0.25) is 6.79 Å². The normalized spacial score (nSPS) is 13.3. The first kappa shape index (κ1) is 33.4. The largest absolute Gasteiger partial charge is 0.495 e. The molecule has 0 aliphatic rings. The first-order valence-electron chi connectivity index (χ1n) is 12.9. The molecule has 0 saturated carbocycles. The molecule has 0 aliphatic carbocycles. The summed E-state index contributed by atoms with van der Waals surface area (Å²) in [5, 5.41) is 7.17. The number of fused-ring (bicyclic) bond motifs is 1. The molecule has 16 heteroatoms. The topological polar surface area (TPSA) is 168 Å². The number of halogens is 1. The number of anilines is 2. The van der Waals surface area contributed by atoms with Gasteiger partial charge in [0.05, 0.1) is 22.7 Å². The fourth-order valence-electron chi connectivity index (χ4n) is 3.60. The standard InChI is InChI=1S/C27H34ClN5O9S/c1-16(2)27(6,30-24(35)42-26(3,4)5)22(34)40-15-41-25(36)33(23-29-21-12-9-17(28)14-32(21)31-23)19-11-10-18(43(8,37)38)13-20(19)39-7/h9-14,16H,15H2,1-8H3,(H,30,35)/t27-/m0/s1. The number of hydrogen-bond donors (Lipinski definition) is 1. The maximum absolute atomic E-state index is 13.5. The molecular formula is C27H34ClN5O9S. The van der Waals surface area contributed by atoms with Gasteiger partial charge in [0.25, 0.3) is 5.95 Å². The Labute approximate surface area is 254 Å². The van der Waals surface area contributed by atoms with Gasteiger partial charge in [-0.3, -0.25) is 0 Å². The molecule has 2 aromatic heterocycles. The molecule has 0 saturated heterocycles. The zero-order valence-corrected chi connectivity index (χ0v) is 26.6. The summed E-state index contributed by atoms with van der Waals surface area (Å²) in [6.45, 7) is 9.03. The zero-order chi connectivity index (χ0) is 32.3. The number of nitrogens with one attached hydrogen (secondary N) is 1. The summed E-state index contributed by atoms with van der Waals surface area (Å²) < 4.78 is 46.7. The summed E-state index contributed by atoms with van der Waals surface area (Å²) in [6.07, 6.45) is 0.573. The van der Waals surface area contributed by atoms with E-state index >= 15 is 0 Å². The van der Waals surface area contributed by atoms with E-state index in [1.165, 1.54) is 42.9 Å². The monoisotopic (exact) mass is 639 g/mol. The lowest BCUT2D eigenvalue weighted by atomic mass is 9.88. The fourth-order valence-corrected chi connectivity index (χ4v) is 4.39. The summed E-state index contributed by atoms with van der Waals surface area (Å²) in [5.74, 6) is -1.51. The Bertz CT molecular complexity index is 1640. The van der Waals surface area contributed by atoms with E-state index in [2.05, 4.69) is 15.4 Å². The highest BCUT2D eigenvalue weighted by molar-refractivity contribution is 7.90. The average molecular weight is 640 g/mol. The van der Waals surface area contributed by atoms with Crippen molar-refractivity contribution in [3.8, 4) is 5.75 Å². The molecule has 0 spiro atoms. The number of nitrogens with zero attached hydrogens (tertiary/aromatic N) is 4. The lowest BCUT2D eigenvalue weighted by Gasteiger charge is -2.33. The van der Waals surface area contributed by atoms with Gasteiger partial charge in [-0.15, -0.1) is 5.10 Å². The van der Waals surface area contributed by atoms with Crippen LogP contribution < -0.4 is 15.0 Å². The van der Waals surface area contributed by atoms with Crippen molar-refractivity contribution in [3.63, 3.8) is 0 Å². The molecule has 43 heavy (non-hydrogen) atoms. The molecule has 3 aromatic rings. The lowest BCUT2D eigenvalue weighted by molar-refractivity contribution is -0.161. The van der Waals surface area contributed by atoms with Crippen molar-refractivity contribution in [3.05, 3.63) is 41.6 Å². The number of amides is 2. The molecule has 1 N–H and O–H groups in total. The summed E-state index contributed by atoms with van der Waals surface area (Å²) in [4.78, 5) is 44.1. The highest BCUT2D eigenvalue weighted by Gasteiger charge is 2.41. The van der Waals surface area contributed by atoms with Gasteiger partial charge < -0.3 is 24.3 Å². The van der Waals surface area contributed by atoms with Crippen LogP contribution in [0.1, 0.15) is 41.5 Å². The van der Waals surface area contributed by atoms with Gasteiger partial charge in [0, 0.05) is 18.5 Å². The second-order valence-corrected chi connectivity index (χ2v) is 13.4. The van der Waals surface area contributed by atoms with Crippen LogP contribution in [0.15, 0.2) is 41.4 Å². The van der Waals surface area contributed by atoms with Crippen LogP contribution in [0.4, 0.5) is 21.2 Å². The summed E-state index contributed by atoms with van der Waals surface area (Å²) in [6, 6.07) is 6.97. The third-order valence-corrected chi connectivity index (χ3v) is 7.53. The maximum Gasteiger partial charge on any atom is 0.424 e. The number of esters is 1. The van der Waals surface area contributed by atoms with E-state index in [1.807, 2.05) is 0 Å². The number of hydrogen-bond acceptors (Lipinski definition) is 11. The van der Waals surface area contributed by atoms with Crippen molar-refractivity contribution in [1.82, 2.24) is 19.9 Å². The number of carbonyl (C=O) groups is 3. The van der Waals surface area contributed by atoms with Crippen molar-refractivity contribution in [2.75, 3.05) is 25.1 Å². The first-order chi connectivity index (χ1) is 19.9. The Morgan fingerprint density at radius 1 is 1.09 bits per heavy atom. The Kier molecular flexibility index (Phi) is 9.81. The molecular weight excluding hydrogens is 606 g/mol. The molecule has 1 aromatic carbocycles. The number of methoxy groups -OCH3 is 1. The van der Waals surface area contributed by atoms with Gasteiger partial charge in [0.15, 0.2) is 15.5 Å². The van der Waals surface area contributed by atoms with Gasteiger partial charge >= 0.3 is 18.2 Å². The third-order valence-electron chi connectivity index (χ3n) is 6.20. The number of ether oxygens (including phenoxy) is 4. The number of sulfone groups is 1. The summed E-state index contributed by atoms with van der Waals surface area (Å²) in [7, 11) is -2.32. The van der Waals surface area contributed by atoms with E-state index in [9.17, 15) is 22.8 Å². The number of alkyl carbamates (subject to hydrolysis) is 1. The molecule has 0 fully saturated rings. The van der Waals surface area contributed by atoms with Crippen LogP contribution in [-0.2, 0) is 28.8 Å². The molecule has 0 aliphatic heterocycles. The van der Waals surface area contributed by atoms with Crippen molar-refractivity contribution in [2.24, 2.45) is 5.92 Å². The van der Waals surface area contributed by atoms with Crippen molar-refractivity contribution in [2.45, 2.75) is 57.6 Å². The molecule has 1 atom stereocenters. The van der Waals surface area contributed by atoms with Crippen LogP contribution in [-0.4, -0.2) is 72.5 Å². The number of aromatic nitrogens is 3. The first-order valence-corrected chi connectivity index (χ1v) is 15.2. The van der Waals surface area contributed by atoms with Gasteiger partial charge in [-0.2, -0.15) is 4.98 Å². The molecule has 14 nitrogen and oxygen atoms in total. The van der Waals surface area contributed by atoms with Gasteiger partial charge in [0.1, 0.15) is 16.9 Å². The smallest absolute Gasteiger partial charge is 0.424 e. The van der Waals surface area contributed by atoms with Crippen LogP contribution in [0.5, 0.6) is 5.75 Å². The quantitative estimate of drug-likeness (QED) is 0.258. The van der Waals surface area contributed by atoms with Gasteiger partial charge in [-0.25, -0.2) is 32.2 Å². The SMILES string of the molecule is COc1cc(S(C)(=O)=O)ccc1N(C(=O)OCOC(=O)[C@@](C)(NC(=O)OC(C)(C)C)C(C)C)c1nc2ccc(Cl)cn2n1. The average Bonchev–Trinajstić information content (AvgIpc) is 3.29. The molecule has 0 bridgehead atoms. The Morgan fingerprint density at radius 3 is 2.35 bits per heavy atom. The predicted octanol–water partition coefficient (Wildman–Crippen LogP) is 4.51. The summed E-state index contributed by atoms with van der Waals surface area (Å²) in [5.41, 5.74) is -1.97. The number of rotatable bonds is 9. The van der Waals surface area contributed by atoms with Crippen LogP contribution in [0.2, 0.25) is 5.02 Å². The van der Waals surface area contributed by atoms with Gasteiger partial charge in [-0.05, 0) is 57.9 Å². The van der Waals surface area contributed by atoms with Crippen molar-refractivity contribution >= 4 is 56.9 Å². The highest BCUT2D eigenvalue weighted by atomic mass is 35.5. The molecule has 3 rings (SSSR count). The van der Waals surface area contributed by atoms with E-state index in [0.717, 1.165) is 11.2 Å². The minimum atomic E-state index is -3.61. The highest BCUT2D eigenvalue weighted by Crippen LogP contribution is 2.35. The van der Waals surface area contributed by atoms with E-state index in [-0.39, 0.29) is 22.3 Å². The van der Waals surface area contributed by atoms with Crippen molar-refractivity contribution < 1.29 is 41.7 Å². The Morgan fingerprint density at radius 2 is 1.77 bits per heavy atom. The van der Waals surface area contributed by atoms with Crippen LogP contribution in [0.3, 0.4) is 0 Å².